The molecule has 1 aromatic carbocycles. The number of nitrogens with zero attached hydrogens (tertiary/aromatic N) is 3. The van der Waals surface area contributed by atoms with Crippen LogP contribution in [0.15, 0.2) is 41.5 Å². The molecular formula is C25H31N3O3S. The van der Waals surface area contributed by atoms with Crippen molar-refractivity contribution in [1.82, 2.24) is 14.5 Å². The monoisotopic (exact) mass is 453 g/mol. The van der Waals surface area contributed by atoms with Crippen LogP contribution in [-0.4, -0.2) is 50.9 Å². The highest BCUT2D eigenvalue weighted by atomic mass is 32.1. The number of thiophene rings is 1. The number of rotatable bonds is 7. The Kier molecular flexibility index (Phi) is 6.05. The average Bonchev–Trinajstić information content (AvgIpc) is 3.25. The van der Waals surface area contributed by atoms with Crippen LogP contribution in [0, 0.1) is 0 Å². The van der Waals surface area contributed by atoms with Crippen LogP contribution in [0.2, 0.25) is 0 Å². The molecule has 2 aliphatic heterocycles. The van der Waals surface area contributed by atoms with Gasteiger partial charge in [0, 0.05) is 23.4 Å². The fourth-order valence-electron chi connectivity index (χ4n) is 5.25. The Morgan fingerprint density at radius 3 is 2.62 bits per heavy atom. The lowest BCUT2D eigenvalue weighted by Gasteiger charge is -2.36. The van der Waals surface area contributed by atoms with Gasteiger partial charge >= 0.3 is 0 Å². The molecule has 170 valence electrons. The van der Waals surface area contributed by atoms with E-state index in [9.17, 15) is 9.90 Å². The molecule has 0 aliphatic carbocycles. The number of aromatic nitrogens is 2. The molecule has 4 atom stereocenters. The van der Waals surface area contributed by atoms with Gasteiger partial charge in [-0.05, 0) is 69.5 Å². The van der Waals surface area contributed by atoms with E-state index in [0.717, 1.165) is 42.0 Å². The van der Waals surface area contributed by atoms with E-state index in [1.165, 1.54) is 24.2 Å². The Morgan fingerprint density at radius 1 is 1.22 bits per heavy atom. The highest BCUT2D eigenvalue weighted by Crippen LogP contribution is 2.36. The van der Waals surface area contributed by atoms with E-state index in [4.69, 9.17) is 4.74 Å². The summed E-state index contributed by atoms with van der Waals surface area (Å²) in [5.74, 6) is 0.855. The Balaban J connectivity index is 1.32. The summed E-state index contributed by atoms with van der Waals surface area (Å²) < 4.78 is 8.51. The van der Waals surface area contributed by atoms with E-state index >= 15 is 0 Å². The first kappa shape index (κ1) is 21.6. The molecule has 2 unspecified atom stereocenters. The fraction of sp³-hybridized carbons (Fsp3) is 0.520. The first-order chi connectivity index (χ1) is 15.5. The number of piperidine rings is 1. The van der Waals surface area contributed by atoms with Gasteiger partial charge in [0.2, 0.25) is 0 Å². The number of benzene rings is 1. The molecule has 7 heteroatoms. The second-order valence-electron chi connectivity index (χ2n) is 9.25. The zero-order valence-electron chi connectivity index (χ0n) is 18.7. The first-order valence-corrected chi connectivity index (χ1v) is 12.5. The maximum absolute atomic E-state index is 13.1. The van der Waals surface area contributed by atoms with Crippen molar-refractivity contribution in [3.05, 3.63) is 51.9 Å². The maximum Gasteiger partial charge on any atom is 0.275 e. The highest BCUT2D eigenvalue weighted by molar-refractivity contribution is 7.18. The third-order valence-electron chi connectivity index (χ3n) is 7.02. The Bertz CT molecular complexity index is 1130. The predicted octanol–water partition coefficient (Wildman–Crippen LogP) is 4.15. The summed E-state index contributed by atoms with van der Waals surface area (Å²) in [7, 11) is 2.24. The van der Waals surface area contributed by atoms with Crippen molar-refractivity contribution in [3.63, 3.8) is 0 Å². The number of ether oxygens (including phenoxy) is 1. The molecule has 0 radical (unpaired) electrons. The summed E-state index contributed by atoms with van der Waals surface area (Å²) in [4.78, 5) is 21.1. The molecule has 0 saturated carbocycles. The van der Waals surface area contributed by atoms with Gasteiger partial charge in [0.25, 0.3) is 5.56 Å². The lowest BCUT2D eigenvalue weighted by molar-refractivity contribution is 0.0662. The van der Waals surface area contributed by atoms with Crippen molar-refractivity contribution in [2.45, 2.75) is 76.2 Å². The van der Waals surface area contributed by atoms with E-state index in [2.05, 4.69) is 23.9 Å². The fourth-order valence-corrected chi connectivity index (χ4v) is 6.36. The van der Waals surface area contributed by atoms with Gasteiger partial charge in [0.1, 0.15) is 22.9 Å². The zero-order chi connectivity index (χ0) is 22.2. The van der Waals surface area contributed by atoms with Crippen LogP contribution in [-0.2, 0) is 6.42 Å². The molecule has 3 aromatic rings. The largest absolute Gasteiger partial charge is 0.490 e. The second kappa shape index (κ2) is 8.96. The molecule has 1 N–H and O–H groups in total. The van der Waals surface area contributed by atoms with Gasteiger partial charge in [0.15, 0.2) is 0 Å². The minimum atomic E-state index is -0.373. The average molecular weight is 454 g/mol. The van der Waals surface area contributed by atoms with E-state index in [0.29, 0.717) is 28.7 Å². The third kappa shape index (κ3) is 4.21. The van der Waals surface area contributed by atoms with Crippen molar-refractivity contribution < 1.29 is 9.84 Å². The van der Waals surface area contributed by atoms with Crippen LogP contribution in [0.1, 0.15) is 50.3 Å². The van der Waals surface area contributed by atoms with E-state index in [1.54, 1.807) is 10.9 Å². The highest BCUT2D eigenvalue weighted by Gasteiger charge is 2.39. The molecule has 6 nitrogen and oxygen atoms in total. The second-order valence-corrected chi connectivity index (χ2v) is 10.4. The van der Waals surface area contributed by atoms with Gasteiger partial charge in [-0.1, -0.05) is 13.3 Å². The zero-order valence-corrected chi connectivity index (χ0v) is 19.6. The molecule has 0 amide bonds. The van der Waals surface area contributed by atoms with E-state index in [1.807, 2.05) is 30.3 Å². The summed E-state index contributed by atoms with van der Waals surface area (Å²) in [6.07, 6.45) is 8.49. The lowest BCUT2D eigenvalue weighted by Crippen LogP contribution is -2.43. The summed E-state index contributed by atoms with van der Waals surface area (Å²) in [6, 6.07) is 11.0. The number of hydrogen-bond donors (Lipinski definition) is 1. The summed E-state index contributed by atoms with van der Waals surface area (Å²) in [5, 5.41) is 10.1. The van der Waals surface area contributed by atoms with Crippen molar-refractivity contribution in [3.8, 4) is 11.4 Å². The van der Waals surface area contributed by atoms with Gasteiger partial charge in [-0.25, -0.2) is 4.98 Å². The van der Waals surface area contributed by atoms with Crippen molar-refractivity contribution >= 4 is 21.6 Å². The van der Waals surface area contributed by atoms with Crippen LogP contribution in [0.25, 0.3) is 15.9 Å². The molecule has 2 aliphatic rings. The normalized spacial score (nSPS) is 24.2. The van der Waals surface area contributed by atoms with Crippen LogP contribution in [0.3, 0.4) is 0 Å². The van der Waals surface area contributed by atoms with Gasteiger partial charge in [-0.15, -0.1) is 11.3 Å². The standard InChI is InChI=1S/C25H31N3O3S/c1-3-4-19(29)13-22-14-23-24(32-22)25(30)28(15-26-23)16-7-9-20(10-8-16)31-21-11-17-5-6-18(12-21)27(17)2/h7-10,14-15,17-19,21,29H,3-6,11-13H2,1-2H3/t17-,18+,19?,21?. The van der Waals surface area contributed by atoms with Crippen molar-refractivity contribution in [2.24, 2.45) is 0 Å². The topological polar surface area (TPSA) is 67.6 Å². The maximum atomic E-state index is 13.1. The number of hydrogen-bond acceptors (Lipinski definition) is 6. The molecule has 2 bridgehead atoms. The molecule has 0 spiro atoms. The predicted molar refractivity (Wildman–Crippen MR) is 128 cm³/mol. The summed E-state index contributed by atoms with van der Waals surface area (Å²) >= 11 is 1.44. The van der Waals surface area contributed by atoms with Gasteiger partial charge in [-0.3, -0.25) is 9.36 Å². The Hall–Kier alpha value is -2.22. The van der Waals surface area contributed by atoms with Crippen LogP contribution >= 0.6 is 11.3 Å². The van der Waals surface area contributed by atoms with Crippen LogP contribution < -0.4 is 10.3 Å². The first-order valence-electron chi connectivity index (χ1n) is 11.7. The molecule has 5 rings (SSSR count). The molecule has 32 heavy (non-hydrogen) atoms. The Morgan fingerprint density at radius 2 is 1.94 bits per heavy atom. The SMILES string of the molecule is CCCC(O)Cc1cc2ncn(-c3ccc(OC4C[C@H]5CC[C@@H](C4)N5C)cc3)c(=O)c2s1. The van der Waals surface area contributed by atoms with Gasteiger partial charge in [0.05, 0.1) is 17.3 Å². The van der Waals surface area contributed by atoms with Crippen LogP contribution in [0.5, 0.6) is 5.75 Å². The quantitative estimate of drug-likeness (QED) is 0.582. The number of aliphatic hydroxyl groups is 1. The minimum Gasteiger partial charge on any atom is -0.490 e. The van der Waals surface area contributed by atoms with Gasteiger partial charge in [-0.2, -0.15) is 0 Å². The molecular weight excluding hydrogens is 422 g/mol. The molecule has 2 fully saturated rings. The van der Waals surface area contributed by atoms with E-state index < -0.39 is 0 Å². The molecule has 4 heterocycles. The smallest absolute Gasteiger partial charge is 0.275 e. The lowest BCUT2D eigenvalue weighted by atomic mass is 10.0. The molecule has 2 aromatic heterocycles. The third-order valence-corrected chi connectivity index (χ3v) is 8.15. The summed E-state index contributed by atoms with van der Waals surface area (Å²) in [6.45, 7) is 2.06. The van der Waals surface area contributed by atoms with Crippen molar-refractivity contribution in [2.75, 3.05) is 7.05 Å². The van der Waals surface area contributed by atoms with E-state index in [-0.39, 0.29) is 17.8 Å². The Labute approximate surface area is 192 Å². The van der Waals surface area contributed by atoms with Crippen molar-refractivity contribution in [1.29, 1.82) is 0 Å². The number of aliphatic hydroxyl groups excluding tert-OH is 1. The van der Waals surface area contributed by atoms with Crippen LogP contribution in [0.4, 0.5) is 0 Å². The summed E-state index contributed by atoms with van der Waals surface area (Å²) in [5.41, 5.74) is 1.41. The minimum absolute atomic E-state index is 0.0724. The number of fused-ring (bicyclic) bond motifs is 3. The van der Waals surface area contributed by atoms with Gasteiger partial charge < -0.3 is 14.7 Å². The molecule has 2 saturated heterocycles.